The van der Waals surface area contributed by atoms with Crippen molar-refractivity contribution in [2.24, 2.45) is 5.92 Å². The van der Waals surface area contributed by atoms with Crippen molar-refractivity contribution >= 4 is 17.4 Å². The highest BCUT2D eigenvalue weighted by Crippen LogP contribution is 2.41. The van der Waals surface area contributed by atoms with Crippen LogP contribution in [-0.4, -0.2) is 28.3 Å². The van der Waals surface area contributed by atoms with Crippen molar-refractivity contribution < 1.29 is 19.4 Å². The number of amides is 1. The molecule has 204 valence electrons. The average Bonchev–Trinajstić information content (AvgIpc) is 3.14. The Morgan fingerprint density at radius 2 is 1.59 bits per heavy atom. The Bertz CT molecular complexity index is 1390. The van der Waals surface area contributed by atoms with E-state index >= 15 is 0 Å². The Hall–Kier alpha value is -3.86. The van der Waals surface area contributed by atoms with Crippen LogP contribution < -0.4 is 4.74 Å². The Morgan fingerprint density at radius 3 is 2.18 bits per heavy atom. The highest BCUT2D eigenvalue weighted by molar-refractivity contribution is 6.46. The van der Waals surface area contributed by atoms with E-state index in [1.807, 2.05) is 56.3 Å². The van der Waals surface area contributed by atoms with Crippen LogP contribution in [0.3, 0.4) is 0 Å². The maximum Gasteiger partial charge on any atom is 0.295 e. The van der Waals surface area contributed by atoms with E-state index in [1.54, 1.807) is 29.2 Å². The molecule has 39 heavy (non-hydrogen) atoms. The van der Waals surface area contributed by atoms with Gasteiger partial charge in [0.15, 0.2) is 0 Å². The van der Waals surface area contributed by atoms with Gasteiger partial charge in [0.1, 0.15) is 11.5 Å². The molecule has 1 amide bonds. The molecule has 1 atom stereocenters. The van der Waals surface area contributed by atoms with E-state index in [4.69, 9.17) is 4.74 Å². The summed E-state index contributed by atoms with van der Waals surface area (Å²) >= 11 is 0. The average molecular weight is 526 g/mol. The maximum atomic E-state index is 13.5. The highest BCUT2D eigenvalue weighted by atomic mass is 16.5. The number of hydrogen-bond acceptors (Lipinski definition) is 4. The summed E-state index contributed by atoms with van der Waals surface area (Å²) in [6, 6.07) is 20.4. The van der Waals surface area contributed by atoms with E-state index in [2.05, 4.69) is 34.6 Å². The van der Waals surface area contributed by atoms with Crippen LogP contribution in [0.25, 0.3) is 5.76 Å². The molecule has 3 aromatic carbocycles. The lowest BCUT2D eigenvalue weighted by atomic mass is 9.85. The molecule has 1 unspecified atom stereocenters. The quantitative estimate of drug-likeness (QED) is 0.200. The predicted octanol–water partition coefficient (Wildman–Crippen LogP) is 7.26. The second kappa shape index (κ2) is 11.1. The minimum atomic E-state index is -0.712. The van der Waals surface area contributed by atoms with E-state index < -0.39 is 17.7 Å². The van der Waals surface area contributed by atoms with Gasteiger partial charge in [-0.25, -0.2) is 0 Å². The van der Waals surface area contributed by atoms with Gasteiger partial charge in [-0.2, -0.15) is 0 Å². The van der Waals surface area contributed by atoms with Gasteiger partial charge in [-0.1, -0.05) is 82.6 Å². The number of rotatable bonds is 7. The van der Waals surface area contributed by atoms with Crippen LogP contribution >= 0.6 is 0 Å². The number of likely N-dealkylation sites (tertiary alicyclic amines) is 1. The van der Waals surface area contributed by atoms with Crippen LogP contribution in [0.4, 0.5) is 0 Å². The van der Waals surface area contributed by atoms with Crippen LogP contribution in [0.5, 0.6) is 5.75 Å². The number of aliphatic hydroxyl groups is 1. The third kappa shape index (κ3) is 6.08. The topological polar surface area (TPSA) is 66.8 Å². The molecule has 3 aromatic rings. The van der Waals surface area contributed by atoms with Gasteiger partial charge in [0.2, 0.25) is 0 Å². The molecule has 0 saturated carbocycles. The van der Waals surface area contributed by atoms with Crippen LogP contribution in [0, 0.1) is 19.8 Å². The van der Waals surface area contributed by atoms with Crippen LogP contribution in [0.2, 0.25) is 0 Å². The summed E-state index contributed by atoms with van der Waals surface area (Å²) in [5.41, 5.74) is 5.55. The zero-order valence-corrected chi connectivity index (χ0v) is 24.0. The van der Waals surface area contributed by atoms with Gasteiger partial charge in [-0.05, 0) is 71.7 Å². The first-order chi connectivity index (χ1) is 18.4. The van der Waals surface area contributed by atoms with Crippen LogP contribution in [0.1, 0.15) is 74.0 Å². The molecule has 1 N–H and O–H groups in total. The standard InChI is InChI=1S/C34H39NO4/c1-21(2)20-39-28-16-12-25(13-17-28)31(36)29-30(24-10-14-27(15-11-24)34(5,6)7)35(33(38)32(29)37)19-26-18-22(3)8-9-23(26)4/h8-18,21,30,36H,19-20H2,1-7H3/b31-29-. The molecule has 0 aromatic heterocycles. The molecule has 5 nitrogen and oxygen atoms in total. The number of ketones is 1. The second-order valence-corrected chi connectivity index (χ2v) is 12.0. The van der Waals surface area contributed by atoms with Gasteiger partial charge in [0.25, 0.3) is 11.7 Å². The summed E-state index contributed by atoms with van der Waals surface area (Å²) in [5.74, 6) is -0.403. The first-order valence-electron chi connectivity index (χ1n) is 13.5. The molecule has 1 heterocycles. The van der Waals surface area contributed by atoms with Crippen molar-refractivity contribution in [3.05, 3.63) is 106 Å². The molecule has 0 aliphatic carbocycles. The SMILES string of the molecule is Cc1ccc(C)c(CN2C(=O)C(=O)/C(=C(\O)c3ccc(OCC(C)C)cc3)C2c2ccc(C(C)(C)C)cc2)c1. The van der Waals surface area contributed by atoms with Crippen molar-refractivity contribution in [2.75, 3.05) is 6.61 Å². The minimum absolute atomic E-state index is 0.0432. The largest absolute Gasteiger partial charge is 0.507 e. The van der Waals surface area contributed by atoms with Crippen molar-refractivity contribution in [3.8, 4) is 5.75 Å². The molecule has 1 aliphatic heterocycles. The zero-order valence-electron chi connectivity index (χ0n) is 24.0. The lowest BCUT2D eigenvalue weighted by Gasteiger charge is -2.27. The number of hydrogen-bond donors (Lipinski definition) is 1. The highest BCUT2D eigenvalue weighted by Gasteiger charge is 2.46. The van der Waals surface area contributed by atoms with Crippen molar-refractivity contribution in [2.45, 2.75) is 66.5 Å². The van der Waals surface area contributed by atoms with Gasteiger partial charge < -0.3 is 14.7 Å². The molecule has 5 heteroatoms. The summed E-state index contributed by atoms with van der Waals surface area (Å²) in [4.78, 5) is 28.6. The monoisotopic (exact) mass is 525 g/mol. The molecule has 0 spiro atoms. The number of carbonyl (C=O) groups excluding carboxylic acids is 2. The fourth-order valence-corrected chi connectivity index (χ4v) is 4.84. The van der Waals surface area contributed by atoms with E-state index in [-0.39, 0.29) is 23.3 Å². The number of aryl methyl sites for hydroxylation is 2. The fraction of sp³-hybridized carbons (Fsp3) is 0.353. The number of carbonyl (C=O) groups is 2. The number of aliphatic hydroxyl groups excluding tert-OH is 1. The molecule has 4 rings (SSSR count). The summed E-state index contributed by atoms with van der Waals surface area (Å²) < 4.78 is 5.77. The van der Waals surface area contributed by atoms with Gasteiger partial charge in [0.05, 0.1) is 18.2 Å². The van der Waals surface area contributed by atoms with Crippen molar-refractivity contribution in [3.63, 3.8) is 0 Å². The Kier molecular flexibility index (Phi) is 8.01. The number of ether oxygens (including phenoxy) is 1. The Morgan fingerprint density at radius 1 is 0.949 bits per heavy atom. The van der Waals surface area contributed by atoms with Crippen LogP contribution in [-0.2, 0) is 21.5 Å². The molecular weight excluding hydrogens is 486 g/mol. The lowest BCUT2D eigenvalue weighted by molar-refractivity contribution is -0.140. The minimum Gasteiger partial charge on any atom is -0.507 e. The number of benzene rings is 3. The van der Waals surface area contributed by atoms with E-state index in [0.717, 1.165) is 27.8 Å². The molecule has 1 aliphatic rings. The molecule has 1 saturated heterocycles. The van der Waals surface area contributed by atoms with Crippen molar-refractivity contribution in [1.82, 2.24) is 4.90 Å². The summed E-state index contributed by atoms with van der Waals surface area (Å²) in [7, 11) is 0. The van der Waals surface area contributed by atoms with Gasteiger partial charge >= 0.3 is 0 Å². The number of Topliss-reactive ketones (excluding diaryl/α,β-unsaturated/α-hetero) is 1. The Labute approximate surface area is 232 Å². The molecule has 1 fully saturated rings. The first-order valence-corrected chi connectivity index (χ1v) is 13.5. The number of nitrogens with zero attached hydrogens (tertiary/aromatic N) is 1. The summed E-state index contributed by atoms with van der Waals surface area (Å²) in [6.07, 6.45) is 0. The third-order valence-corrected chi connectivity index (χ3v) is 7.19. The fourth-order valence-electron chi connectivity index (χ4n) is 4.84. The van der Waals surface area contributed by atoms with Crippen LogP contribution in [0.15, 0.2) is 72.3 Å². The van der Waals surface area contributed by atoms with E-state index in [0.29, 0.717) is 23.8 Å². The smallest absolute Gasteiger partial charge is 0.295 e. The molecule has 0 radical (unpaired) electrons. The summed E-state index contributed by atoms with van der Waals surface area (Å²) in [5, 5.41) is 11.5. The summed E-state index contributed by atoms with van der Waals surface area (Å²) in [6.45, 7) is 15.4. The normalized spacial score (nSPS) is 17.2. The predicted molar refractivity (Wildman–Crippen MR) is 156 cm³/mol. The lowest BCUT2D eigenvalue weighted by Crippen LogP contribution is -2.29. The van der Waals surface area contributed by atoms with Gasteiger partial charge in [-0.3, -0.25) is 9.59 Å². The first kappa shape index (κ1) is 28.2. The molecule has 0 bridgehead atoms. The van der Waals surface area contributed by atoms with Gasteiger partial charge in [-0.15, -0.1) is 0 Å². The van der Waals surface area contributed by atoms with E-state index in [9.17, 15) is 14.7 Å². The van der Waals surface area contributed by atoms with Crippen molar-refractivity contribution in [1.29, 1.82) is 0 Å². The molecular formula is C34H39NO4. The van der Waals surface area contributed by atoms with E-state index in [1.165, 1.54) is 0 Å². The second-order valence-electron chi connectivity index (χ2n) is 12.0. The zero-order chi connectivity index (χ0) is 28.5. The Balaban J connectivity index is 1.80. The van der Waals surface area contributed by atoms with Gasteiger partial charge in [0, 0.05) is 12.1 Å². The maximum absolute atomic E-state index is 13.5. The third-order valence-electron chi connectivity index (χ3n) is 7.19.